The summed E-state index contributed by atoms with van der Waals surface area (Å²) in [7, 11) is 0. The van der Waals surface area contributed by atoms with Crippen LogP contribution in [0.1, 0.15) is 49.2 Å². The summed E-state index contributed by atoms with van der Waals surface area (Å²) >= 11 is 1.40. The highest BCUT2D eigenvalue weighted by Gasteiger charge is 2.21. The molecule has 0 saturated carbocycles. The van der Waals surface area contributed by atoms with E-state index in [0.717, 1.165) is 24.8 Å². The molecule has 0 unspecified atom stereocenters. The Bertz CT molecular complexity index is 1220. The smallest absolute Gasteiger partial charge is 0.267 e. The van der Waals surface area contributed by atoms with E-state index in [1.54, 1.807) is 16.8 Å². The molecule has 0 N–H and O–H groups in total. The second kappa shape index (κ2) is 8.79. The summed E-state index contributed by atoms with van der Waals surface area (Å²) in [6.45, 7) is 6.06. The number of hydrogen-bond acceptors (Lipinski definition) is 7. The van der Waals surface area contributed by atoms with E-state index in [1.807, 2.05) is 44.2 Å². The number of rotatable bonds is 7. The van der Waals surface area contributed by atoms with E-state index in [4.69, 9.17) is 9.51 Å². The van der Waals surface area contributed by atoms with Gasteiger partial charge in [0.05, 0.1) is 16.2 Å². The number of aryl methyl sites for hydroxylation is 2. The number of aromatic nitrogens is 5. The molecule has 0 bridgehead atoms. The molecule has 3 heterocycles. The van der Waals surface area contributed by atoms with E-state index in [9.17, 15) is 4.79 Å². The lowest BCUT2D eigenvalue weighted by Gasteiger charge is -2.14. The summed E-state index contributed by atoms with van der Waals surface area (Å²) in [6, 6.07) is 11.1. The van der Waals surface area contributed by atoms with Gasteiger partial charge in [-0.15, -0.1) is 0 Å². The lowest BCUT2D eigenvalue weighted by molar-refractivity contribution is 0.374. The molecule has 0 aliphatic carbocycles. The predicted octanol–water partition coefficient (Wildman–Crippen LogP) is 4.67. The third kappa shape index (κ3) is 4.14. The fourth-order valence-electron chi connectivity index (χ4n) is 3.06. The van der Waals surface area contributed by atoms with E-state index in [1.165, 1.54) is 11.8 Å². The first-order valence-corrected chi connectivity index (χ1v) is 10.9. The van der Waals surface area contributed by atoms with Crippen molar-refractivity contribution in [2.24, 2.45) is 0 Å². The number of para-hydroxylation sites is 1. The zero-order valence-electron chi connectivity index (χ0n) is 17.2. The van der Waals surface area contributed by atoms with Crippen LogP contribution in [0.2, 0.25) is 0 Å². The maximum Gasteiger partial charge on any atom is 0.267 e. The molecule has 1 aromatic carbocycles. The molecule has 0 spiro atoms. The van der Waals surface area contributed by atoms with Gasteiger partial charge in [-0.1, -0.05) is 48.5 Å². The molecule has 4 aromatic rings. The van der Waals surface area contributed by atoms with Crippen LogP contribution in [-0.2, 0) is 6.42 Å². The Morgan fingerprint density at radius 3 is 2.77 bits per heavy atom. The van der Waals surface area contributed by atoms with Crippen molar-refractivity contribution in [2.45, 2.75) is 50.4 Å². The van der Waals surface area contributed by atoms with E-state index in [-0.39, 0.29) is 10.8 Å². The van der Waals surface area contributed by atoms with Crippen molar-refractivity contribution in [1.29, 1.82) is 0 Å². The van der Waals surface area contributed by atoms with Gasteiger partial charge in [-0.2, -0.15) is 4.98 Å². The van der Waals surface area contributed by atoms with Gasteiger partial charge in [0, 0.05) is 12.6 Å². The lowest BCUT2D eigenvalue weighted by Crippen LogP contribution is -2.22. The van der Waals surface area contributed by atoms with Crippen molar-refractivity contribution in [3.8, 4) is 5.82 Å². The first-order chi connectivity index (χ1) is 14.6. The topological polar surface area (TPSA) is 86.7 Å². The second-order valence-electron chi connectivity index (χ2n) is 7.16. The van der Waals surface area contributed by atoms with Gasteiger partial charge in [0.25, 0.3) is 5.56 Å². The standard InChI is InChI=1S/C22H23N5O2S/c1-4-5-10-18-25-20(29-26-18)15(3)30-22-24-17-9-7-6-8-16(17)21(28)27(22)19-12-11-14(2)13-23-19/h6-9,11-13,15H,4-5,10H2,1-3H3/t15-/m0/s1. The fourth-order valence-corrected chi connectivity index (χ4v) is 4.01. The molecule has 4 rings (SSSR count). The summed E-state index contributed by atoms with van der Waals surface area (Å²) < 4.78 is 7.01. The SMILES string of the molecule is CCCCc1noc([C@H](C)Sc2nc3ccccc3c(=O)n2-c2ccc(C)cn2)n1. The van der Waals surface area contributed by atoms with E-state index < -0.39 is 0 Å². The summed E-state index contributed by atoms with van der Waals surface area (Å²) in [4.78, 5) is 27.0. The number of thioether (sulfide) groups is 1. The molecule has 3 aromatic heterocycles. The van der Waals surface area contributed by atoms with E-state index in [2.05, 4.69) is 22.0 Å². The zero-order chi connectivity index (χ0) is 21.1. The van der Waals surface area contributed by atoms with Crippen LogP contribution in [-0.4, -0.2) is 24.7 Å². The molecule has 30 heavy (non-hydrogen) atoms. The van der Waals surface area contributed by atoms with Gasteiger partial charge in [-0.25, -0.2) is 14.5 Å². The number of unbranched alkanes of at least 4 members (excludes halogenated alkanes) is 1. The van der Waals surface area contributed by atoms with Crippen LogP contribution >= 0.6 is 11.8 Å². The minimum absolute atomic E-state index is 0.152. The number of benzene rings is 1. The Labute approximate surface area is 178 Å². The second-order valence-corrected chi connectivity index (χ2v) is 8.47. The largest absolute Gasteiger partial charge is 0.338 e. The molecular weight excluding hydrogens is 398 g/mol. The molecule has 0 fully saturated rings. The molecule has 0 aliphatic rings. The summed E-state index contributed by atoms with van der Waals surface area (Å²) in [5.74, 6) is 1.77. The lowest BCUT2D eigenvalue weighted by atomic mass is 10.2. The van der Waals surface area contributed by atoms with Gasteiger partial charge in [-0.05, 0) is 44.0 Å². The van der Waals surface area contributed by atoms with Crippen molar-refractivity contribution in [2.75, 3.05) is 0 Å². The quantitative estimate of drug-likeness (QED) is 0.317. The number of pyridine rings is 1. The Balaban J connectivity index is 1.75. The van der Waals surface area contributed by atoms with Gasteiger partial charge in [0.2, 0.25) is 5.89 Å². The molecule has 154 valence electrons. The van der Waals surface area contributed by atoms with Crippen molar-refractivity contribution < 1.29 is 4.52 Å². The minimum Gasteiger partial charge on any atom is -0.338 e. The maximum atomic E-state index is 13.3. The summed E-state index contributed by atoms with van der Waals surface area (Å²) in [5, 5.41) is 4.99. The van der Waals surface area contributed by atoms with Gasteiger partial charge in [0.15, 0.2) is 11.0 Å². The third-order valence-electron chi connectivity index (χ3n) is 4.74. The highest BCUT2D eigenvalue weighted by atomic mass is 32.2. The Morgan fingerprint density at radius 2 is 2.00 bits per heavy atom. The normalized spacial score (nSPS) is 12.4. The van der Waals surface area contributed by atoms with Crippen LogP contribution < -0.4 is 5.56 Å². The van der Waals surface area contributed by atoms with Gasteiger partial charge >= 0.3 is 0 Å². The summed E-state index contributed by atoms with van der Waals surface area (Å²) in [5.41, 5.74) is 1.52. The fraction of sp³-hybridized carbons (Fsp3) is 0.318. The highest BCUT2D eigenvalue weighted by Crippen LogP contribution is 2.33. The molecule has 1 atom stereocenters. The molecule has 0 aliphatic heterocycles. The van der Waals surface area contributed by atoms with Crippen LogP contribution in [0.3, 0.4) is 0 Å². The average Bonchev–Trinajstić information content (AvgIpc) is 3.23. The van der Waals surface area contributed by atoms with Gasteiger partial charge in [-0.3, -0.25) is 4.79 Å². The highest BCUT2D eigenvalue weighted by molar-refractivity contribution is 7.99. The molecule has 0 radical (unpaired) electrons. The summed E-state index contributed by atoms with van der Waals surface area (Å²) in [6.07, 6.45) is 4.63. The van der Waals surface area contributed by atoms with Gasteiger partial charge < -0.3 is 4.52 Å². The Morgan fingerprint density at radius 1 is 1.17 bits per heavy atom. The van der Waals surface area contributed by atoms with Crippen molar-refractivity contribution in [3.63, 3.8) is 0 Å². The molecule has 8 heteroatoms. The Hall–Kier alpha value is -3.00. The van der Waals surface area contributed by atoms with Crippen molar-refractivity contribution >= 4 is 22.7 Å². The van der Waals surface area contributed by atoms with Gasteiger partial charge in [0.1, 0.15) is 5.82 Å². The average molecular weight is 422 g/mol. The first kappa shape index (κ1) is 20.3. The third-order valence-corrected chi connectivity index (χ3v) is 5.78. The van der Waals surface area contributed by atoms with Crippen molar-refractivity contribution in [1.82, 2.24) is 24.7 Å². The van der Waals surface area contributed by atoms with Crippen LogP contribution in [0.4, 0.5) is 0 Å². The minimum atomic E-state index is -0.169. The van der Waals surface area contributed by atoms with Crippen LogP contribution in [0.25, 0.3) is 16.7 Å². The Kier molecular flexibility index (Phi) is 5.94. The predicted molar refractivity (Wildman–Crippen MR) is 117 cm³/mol. The van der Waals surface area contributed by atoms with Crippen LogP contribution in [0.15, 0.2) is 57.1 Å². The maximum absolute atomic E-state index is 13.3. The molecule has 7 nitrogen and oxygen atoms in total. The van der Waals surface area contributed by atoms with Crippen LogP contribution in [0, 0.1) is 6.92 Å². The van der Waals surface area contributed by atoms with E-state index in [0.29, 0.717) is 33.6 Å². The molecule has 0 amide bonds. The van der Waals surface area contributed by atoms with Crippen molar-refractivity contribution in [3.05, 3.63) is 70.2 Å². The monoisotopic (exact) mass is 421 g/mol. The van der Waals surface area contributed by atoms with E-state index >= 15 is 0 Å². The van der Waals surface area contributed by atoms with Crippen LogP contribution in [0.5, 0.6) is 0 Å². The number of hydrogen-bond donors (Lipinski definition) is 0. The molecular formula is C22H23N5O2S. The molecule has 0 saturated heterocycles. The zero-order valence-corrected chi connectivity index (χ0v) is 18.0. The number of fused-ring (bicyclic) bond motifs is 1. The number of nitrogens with zero attached hydrogens (tertiary/aromatic N) is 5. The first-order valence-electron chi connectivity index (χ1n) is 10.0.